The molecule has 100 valence electrons. The molecule has 3 N–H and O–H groups in total. The van der Waals surface area contributed by atoms with Gasteiger partial charge in [-0.05, 0) is 18.9 Å². The zero-order valence-corrected chi connectivity index (χ0v) is 11.1. The molecule has 0 rings (SSSR count). The van der Waals surface area contributed by atoms with Crippen LogP contribution >= 0.6 is 0 Å². The van der Waals surface area contributed by atoms with Crippen molar-refractivity contribution in [3.63, 3.8) is 0 Å². The van der Waals surface area contributed by atoms with E-state index in [2.05, 4.69) is 10.6 Å². The van der Waals surface area contributed by atoms with Crippen LogP contribution in [0.4, 0.5) is 0 Å². The van der Waals surface area contributed by atoms with Gasteiger partial charge in [0.1, 0.15) is 6.04 Å². The summed E-state index contributed by atoms with van der Waals surface area (Å²) in [6.45, 7) is 8.98. The summed E-state index contributed by atoms with van der Waals surface area (Å²) < 4.78 is 0. The van der Waals surface area contributed by atoms with E-state index in [0.29, 0.717) is 13.0 Å². The van der Waals surface area contributed by atoms with E-state index in [4.69, 9.17) is 5.11 Å². The van der Waals surface area contributed by atoms with Crippen LogP contribution in [0.25, 0.3) is 0 Å². The Kier molecular flexibility index (Phi) is 7.54. The summed E-state index contributed by atoms with van der Waals surface area (Å²) in [7, 11) is 0. The van der Waals surface area contributed by atoms with Crippen LogP contribution in [0, 0.1) is 11.8 Å². The molecule has 5 nitrogen and oxygen atoms in total. The number of aliphatic carboxylic acids is 1. The number of nitrogens with one attached hydrogen (secondary N) is 2. The van der Waals surface area contributed by atoms with Gasteiger partial charge in [-0.1, -0.05) is 27.7 Å². The lowest BCUT2D eigenvalue weighted by Gasteiger charge is -2.19. The van der Waals surface area contributed by atoms with Crippen molar-refractivity contribution in [3.8, 4) is 0 Å². The fraction of sp³-hybridized carbons (Fsp3) is 0.833. The predicted molar refractivity (Wildman–Crippen MR) is 66.7 cm³/mol. The van der Waals surface area contributed by atoms with Gasteiger partial charge in [0.2, 0.25) is 5.91 Å². The zero-order chi connectivity index (χ0) is 13.4. The molecule has 0 aliphatic carbocycles. The lowest BCUT2D eigenvalue weighted by molar-refractivity contribution is -0.142. The third-order valence-electron chi connectivity index (χ3n) is 2.47. The molecule has 5 heteroatoms. The van der Waals surface area contributed by atoms with E-state index in [0.717, 1.165) is 6.54 Å². The van der Waals surface area contributed by atoms with Crippen LogP contribution in [0.5, 0.6) is 0 Å². The molecule has 1 unspecified atom stereocenters. The van der Waals surface area contributed by atoms with Gasteiger partial charge < -0.3 is 15.7 Å². The van der Waals surface area contributed by atoms with E-state index in [1.54, 1.807) is 6.92 Å². The Hall–Kier alpha value is -1.10. The second kappa shape index (κ2) is 8.06. The lowest BCUT2D eigenvalue weighted by Crippen LogP contribution is -2.45. The van der Waals surface area contributed by atoms with Crippen molar-refractivity contribution in [1.29, 1.82) is 0 Å². The summed E-state index contributed by atoms with van der Waals surface area (Å²) in [6, 6.07) is -0.786. The van der Waals surface area contributed by atoms with Crippen molar-refractivity contribution in [1.82, 2.24) is 10.6 Å². The number of carbonyl (C=O) groups excluding carboxylic acids is 1. The van der Waals surface area contributed by atoms with Crippen molar-refractivity contribution >= 4 is 11.9 Å². The highest BCUT2D eigenvalue weighted by Gasteiger charge is 2.23. The van der Waals surface area contributed by atoms with Crippen LogP contribution in [-0.2, 0) is 9.59 Å². The average molecular weight is 244 g/mol. The summed E-state index contributed by atoms with van der Waals surface area (Å²) >= 11 is 0. The van der Waals surface area contributed by atoms with Crippen molar-refractivity contribution < 1.29 is 14.7 Å². The Morgan fingerprint density at radius 3 is 2.24 bits per heavy atom. The van der Waals surface area contributed by atoms with Gasteiger partial charge in [-0.3, -0.25) is 4.79 Å². The average Bonchev–Trinajstić information content (AvgIpc) is 2.23. The molecule has 1 amide bonds. The van der Waals surface area contributed by atoms with Crippen LogP contribution in [0.2, 0.25) is 0 Å². The molecule has 0 spiro atoms. The highest BCUT2D eigenvalue weighted by atomic mass is 16.4. The molecule has 0 aromatic carbocycles. The molecule has 0 fully saturated rings. The zero-order valence-electron chi connectivity index (χ0n) is 11.1. The van der Waals surface area contributed by atoms with Crippen molar-refractivity contribution in [2.45, 2.75) is 40.2 Å². The van der Waals surface area contributed by atoms with E-state index in [1.165, 1.54) is 0 Å². The summed E-state index contributed by atoms with van der Waals surface area (Å²) in [5, 5.41) is 14.6. The van der Waals surface area contributed by atoms with Gasteiger partial charge in [-0.25, -0.2) is 4.79 Å². The molecule has 0 bridgehead atoms. The molecule has 0 saturated carbocycles. The second-order valence-electron chi connectivity index (χ2n) is 4.74. The van der Waals surface area contributed by atoms with Crippen LogP contribution in [0.3, 0.4) is 0 Å². The second-order valence-corrected chi connectivity index (χ2v) is 4.74. The van der Waals surface area contributed by atoms with Gasteiger partial charge in [0.05, 0.1) is 0 Å². The Balaban J connectivity index is 4.25. The quantitative estimate of drug-likeness (QED) is 0.591. The molecular formula is C12H24N2O3. The van der Waals surface area contributed by atoms with Crippen molar-refractivity contribution in [2.24, 2.45) is 11.8 Å². The topological polar surface area (TPSA) is 78.4 Å². The highest BCUT2D eigenvalue weighted by molar-refractivity contribution is 5.84. The fourth-order valence-electron chi connectivity index (χ4n) is 1.46. The molecule has 0 heterocycles. The third-order valence-corrected chi connectivity index (χ3v) is 2.47. The first-order valence-corrected chi connectivity index (χ1v) is 6.12. The monoisotopic (exact) mass is 244 g/mol. The maximum atomic E-state index is 11.7. The summed E-state index contributed by atoms with van der Waals surface area (Å²) in [6.07, 6.45) is 0.453. The fourth-order valence-corrected chi connectivity index (χ4v) is 1.46. The Bertz CT molecular complexity index is 254. The summed E-state index contributed by atoms with van der Waals surface area (Å²) in [5.41, 5.74) is 0. The van der Waals surface area contributed by atoms with Crippen LogP contribution in [0.1, 0.15) is 34.1 Å². The third kappa shape index (κ3) is 6.94. The van der Waals surface area contributed by atoms with E-state index >= 15 is 0 Å². The van der Waals surface area contributed by atoms with Gasteiger partial charge >= 0.3 is 5.97 Å². The number of hydrogen-bond donors (Lipinski definition) is 3. The first-order chi connectivity index (χ1) is 7.88. The number of rotatable bonds is 8. The Morgan fingerprint density at radius 2 is 1.82 bits per heavy atom. The van der Waals surface area contributed by atoms with Crippen molar-refractivity contribution in [2.75, 3.05) is 13.1 Å². The highest BCUT2D eigenvalue weighted by Crippen LogP contribution is 2.06. The minimum atomic E-state index is -0.970. The van der Waals surface area contributed by atoms with E-state index < -0.39 is 12.0 Å². The molecule has 17 heavy (non-hydrogen) atoms. The molecule has 0 aliphatic heterocycles. The first kappa shape index (κ1) is 15.9. The largest absolute Gasteiger partial charge is 0.480 e. The number of carboxylic acid groups (broad SMARTS) is 1. The number of carbonyl (C=O) groups is 2. The van der Waals surface area contributed by atoms with Gasteiger partial charge in [-0.15, -0.1) is 0 Å². The standard InChI is InChI=1S/C12H24N2O3/c1-5-13-7-9(4)11(15)14-10(12(16)17)6-8(2)3/h8-10,13H,5-7H2,1-4H3,(H,14,15)(H,16,17)/t9?,10-/m1/s1. The molecule has 2 atom stereocenters. The minimum absolute atomic E-state index is 0.209. The van der Waals surface area contributed by atoms with Gasteiger partial charge in [0.15, 0.2) is 0 Å². The number of carboxylic acids is 1. The lowest BCUT2D eigenvalue weighted by atomic mass is 10.0. The van der Waals surface area contributed by atoms with Crippen LogP contribution in [0.15, 0.2) is 0 Å². The molecule has 0 radical (unpaired) electrons. The van der Waals surface area contributed by atoms with Crippen molar-refractivity contribution in [3.05, 3.63) is 0 Å². The minimum Gasteiger partial charge on any atom is -0.480 e. The van der Waals surface area contributed by atoms with Crippen LogP contribution in [-0.4, -0.2) is 36.1 Å². The first-order valence-electron chi connectivity index (χ1n) is 6.12. The molecule has 0 aliphatic rings. The number of amides is 1. The van der Waals surface area contributed by atoms with E-state index in [1.807, 2.05) is 20.8 Å². The Morgan fingerprint density at radius 1 is 1.24 bits per heavy atom. The Labute approximate surface area is 103 Å². The summed E-state index contributed by atoms with van der Waals surface area (Å²) in [5.74, 6) is -1.16. The van der Waals surface area contributed by atoms with E-state index in [-0.39, 0.29) is 17.7 Å². The normalized spacial score (nSPS) is 14.4. The van der Waals surface area contributed by atoms with E-state index in [9.17, 15) is 9.59 Å². The van der Waals surface area contributed by atoms with Gasteiger partial charge in [0.25, 0.3) is 0 Å². The maximum absolute atomic E-state index is 11.7. The molecule has 0 saturated heterocycles. The molecule has 0 aromatic heterocycles. The maximum Gasteiger partial charge on any atom is 0.326 e. The number of hydrogen-bond acceptors (Lipinski definition) is 3. The summed E-state index contributed by atoms with van der Waals surface area (Å²) in [4.78, 5) is 22.7. The smallest absolute Gasteiger partial charge is 0.326 e. The molecule has 0 aromatic rings. The van der Waals surface area contributed by atoms with Gasteiger partial charge in [-0.2, -0.15) is 0 Å². The molecular weight excluding hydrogens is 220 g/mol. The SMILES string of the molecule is CCNCC(C)C(=O)N[C@H](CC(C)C)C(=O)O. The van der Waals surface area contributed by atoms with Gasteiger partial charge in [0, 0.05) is 12.5 Å². The van der Waals surface area contributed by atoms with Crippen LogP contribution < -0.4 is 10.6 Å². The predicted octanol–water partition coefficient (Wildman–Crippen LogP) is 0.847.